The number of fused-ring (bicyclic) bond motifs is 1. The number of urea groups is 1. The molecular weight excluding hydrogens is 284 g/mol. The Bertz CT molecular complexity index is 618. The number of imide groups is 1. The second kappa shape index (κ2) is 4.49. The molecule has 6 nitrogen and oxygen atoms in total. The molecule has 2 atom stereocenters. The largest absolute Gasteiger partial charge is 0.480 e. The second-order valence-corrected chi connectivity index (χ2v) is 5.23. The third-order valence-electron chi connectivity index (χ3n) is 3.65. The summed E-state index contributed by atoms with van der Waals surface area (Å²) < 4.78 is 0. The number of carbonyl (C=O) groups is 3. The van der Waals surface area contributed by atoms with Crippen molar-refractivity contribution in [2.24, 2.45) is 0 Å². The third-order valence-corrected chi connectivity index (χ3v) is 3.89. The Balaban J connectivity index is 1.98. The van der Waals surface area contributed by atoms with Crippen molar-refractivity contribution in [1.29, 1.82) is 0 Å². The first-order chi connectivity index (χ1) is 9.50. The first-order valence-electron chi connectivity index (χ1n) is 6.15. The van der Waals surface area contributed by atoms with Crippen molar-refractivity contribution >= 4 is 35.2 Å². The number of hydrogen-bond donors (Lipinski definition) is 1. The molecule has 20 heavy (non-hydrogen) atoms. The second-order valence-electron chi connectivity index (χ2n) is 4.79. The predicted molar refractivity (Wildman–Crippen MR) is 70.6 cm³/mol. The Hall–Kier alpha value is -2.08. The van der Waals surface area contributed by atoms with E-state index in [0.29, 0.717) is 23.6 Å². The molecule has 1 aromatic carbocycles. The molecule has 0 aromatic heterocycles. The first-order valence-corrected chi connectivity index (χ1v) is 6.53. The first kappa shape index (κ1) is 12.9. The maximum Gasteiger partial charge on any atom is 0.332 e. The molecule has 1 N–H and O–H groups in total. The van der Waals surface area contributed by atoms with Crippen molar-refractivity contribution in [3.8, 4) is 0 Å². The van der Waals surface area contributed by atoms with E-state index >= 15 is 0 Å². The lowest BCUT2D eigenvalue weighted by Gasteiger charge is -2.20. The van der Waals surface area contributed by atoms with Crippen molar-refractivity contribution in [3.05, 3.63) is 29.3 Å². The van der Waals surface area contributed by atoms with Gasteiger partial charge in [0.1, 0.15) is 12.1 Å². The Kier molecular flexibility index (Phi) is 2.90. The monoisotopic (exact) mass is 294 g/mol. The molecule has 2 fully saturated rings. The third kappa shape index (κ3) is 1.76. The van der Waals surface area contributed by atoms with E-state index in [1.807, 2.05) is 0 Å². The zero-order valence-electron chi connectivity index (χ0n) is 10.3. The van der Waals surface area contributed by atoms with Gasteiger partial charge in [-0.3, -0.25) is 9.69 Å². The fourth-order valence-electron chi connectivity index (χ4n) is 2.77. The molecule has 7 heteroatoms. The Morgan fingerprint density at radius 2 is 2.05 bits per heavy atom. The molecular formula is C13H11ClN2O4. The van der Waals surface area contributed by atoms with Gasteiger partial charge in [0.25, 0.3) is 5.91 Å². The van der Waals surface area contributed by atoms with Crippen LogP contribution in [0.4, 0.5) is 10.5 Å². The normalized spacial score (nSPS) is 25.2. The summed E-state index contributed by atoms with van der Waals surface area (Å²) in [7, 11) is 0. The van der Waals surface area contributed by atoms with Crippen LogP contribution in [0.15, 0.2) is 24.3 Å². The zero-order valence-corrected chi connectivity index (χ0v) is 11.1. The van der Waals surface area contributed by atoms with Crippen LogP contribution in [0.25, 0.3) is 0 Å². The number of nitrogens with zero attached hydrogens (tertiary/aromatic N) is 2. The molecule has 104 valence electrons. The van der Waals surface area contributed by atoms with Gasteiger partial charge in [-0.05, 0) is 31.0 Å². The maximum atomic E-state index is 12.3. The highest BCUT2D eigenvalue weighted by atomic mass is 35.5. The van der Waals surface area contributed by atoms with E-state index in [2.05, 4.69) is 0 Å². The summed E-state index contributed by atoms with van der Waals surface area (Å²) in [6, 6.07) is 4.18. The summed E-state index contributed by atoms with van der Waals surface area (Å²) in [4.78, 5) is 38.0. The topological polar surface area (TPSA) is 77.9 Å². The van der Waals surface area contributed by atoms with Gasteiger partial charge in [0.05, 0.1) is 5.69 Å². The van der Waals surface area contributed by atoms with Crippen molar-refractivity contribution in [2.45, 2.75) is 24.9 Å². The summed E-state index contributed by atoms with van der Waals surface area (Å²) in [5, 5.41) is 9.53. The van der Waals surface area contributed by atoms with E-state index in [1.54, 1.807) is 18.2 Å². The average molecular weight is 295 g/mol. The van der Waals surface area contributed by atoms with E-state index in [0.717, 1.165) is 9.80 Å². The lowest BCUT2D eigenvalue weighted by Crippen LogP contribution is -2.42. The van der Waals surface area contributed by atoms with Gasteiger partial charge in [0.2, 0.25) is 0 Å². The van der Waals surface area contributed by atoms with E-state index in [4.69, 9.17) is 16.7 Å². The summed E-state index contributed by atoms with van der Waals surface area (Å²) >= 11 is 5.86. The highest BCUT2D eigenvalue weighted by Gasteiger charge is 2.54. The Morgan fingerprint density at radius 1 is 1.30 bits per heavy atom. The smallest absolute Gasteiger partial charge is 0.332 e. The number of hydrogen-bond acceptors (Lipinski definition) is 3. The van der Waals surface area contributed by atoms with Crippen LogP contribution >= 0.6 is 11.6 Å². The Morgan fingerprint density at radius 3 is 2.70 bits per heavy atom. The van der Waals surface area contributed by atoms with Gasteiger partial charge in [-0.1, -0.05) is 17.7 Å². The van der Waals surface area contributed by atoms with Crippen LogP contribution in [0, 0.1) is 0 Å². The van der Waals surface area contributed by atoms with Crippen molar-refractivity contribution in [2.75, 3.05) is 4.90 Å². The molecule has 2 aliphatic heterocycles. The SMILES string of the molecule is O=C(O)[C@@H]1CC[C@H]2C(=O)N(c3cccc(Cl)c3)C(=O)N12. The number of carboxylic acids is 1. The Labute approximate surface area is 119 Å². The zero-order chi connectivity index (χ0) is 14.4. The molecule has 2 saturated heterocycles. The van der Waals surface area contributed by atoms with Crippen LogP contribution in [-0.2, 0) is 9.59 Å². The fraction of sp³-hybridized carbons (Fsp3) is 0.308. The van der Waals surface area contributed by atoms with Gasteiger partial charge >= 0.3 is 12.0 Å². The summed E-state index contributed by atoms with van der Waals surface area (Å²) in [5.41, 5.74) is 0.367. The molecule has 0 unspecified atom stereocenters. The lowest BCUT2D eigenvalue weighted by atomic mass is 10.1. The van der Waals surface area contributed by atoms with Gasteiger partial charge in [-0.2, -0.15) is 0 Å². The number of carbonyl (C=O) groups excluding carboxylic acids is 2. The molecule has 0 aliphatic carbocycles. The molecule has 0 radical (unpaired) electrons. The van der Waals surface area contributed by atoms with E-state index in [9.17, 15) is 14.4 Å². The van der Waals surface area contributed by atoms with Crippen LogP contribution in [0.2, 0.25) is 5.02 Å². The number of halogens is 1. The van der Waals surface area contributed by atoms with Crippen molar-refractivity contribution in [1.82, 2.24) is 4.90 Å². The molecule has 3 amide bonds. The quantitative estimate of drug-likeness (QED) is 0.843. The average Bonchev–Trinajstić information content (AvgIpc) is 2.91. The van der Waals surface area contributed by atoms with Gasteiger partial charge in [-0.25, -0.2) is 14.5 Å². The molecule has 0 bridgehead atoms. The number of anilines is 1. The summed E-state index contributed by atoms with van der Waals surface area (Å²) in [6.45, 7) is 0. The molecule has 3 rings (SSSR count). The van der Waals surface area contributed by atoms with Crippen LogP contribution in [0.5, 0.6) is 0 Å². The molecule has 0 spiro atoms. The van der Waals surface area contributed by atoms with Crippen LogP contribution in [0.3, 0.4) is 0 Å². The van der Waals surface area contributed by atoms with Crippen LogP contribution < -0.4 is 4.90 Å². The molecule has 2 aliphatic rings. The van der Waals surface area contributed by atoms with Gasteiger partial charge in [0.15, 0.2) is 0 Å². The minimum atomic E-state index is -1.08. The fourth-order valence-corrected chi connectivity index (χ4v) is 2.96. The number of rotatable bonds is 2. The number of aliphatic carboxylic acids is 1. The van der Waals surface area contributed by atoms with Gasteiger partial charge < -0.3 is 5.11 Å². The molecule has 0 saturated carbocycles. The molecule has 2 heterocycles. The highest BCUT2D eigenvalue weighted by molar-refractivity contribution is 6.31. The molecule has 1 aromatic rings. The van der Waals surface area contributed by atoms with Crippen molar-refractivity contribution in [3.63, 3.8) is 0 Å². The number of amides is 3. The van der Waals surface area contributed by atoms with E-state index in [1.165, 1.54) is 6.07 Å². The maximum absolute atomic E-state index is 12.3. The highest BCUT2D eigenvalue weighted by Crippen LogP contribution is 2.35. The number of carboxylic acid groups (broad SMARTS) is 1. The minimum Gasteiger partial charge on any atom is -0.480 e. The van der Waals surface area contributed by atoms with Gasteiger partial charge in [-0.15, -0.1) is 0 Å². The van der Waals surface area contributed by atoms with Crippen LogP contribution in [0.1, 0.15) is 12.8 Å². The number of benzene rings is 1. The minimum absolute atomic E-state index is 0.306. The van der Waals surface area contributed by atoms with Gasteiger partial charge in [0, 0.05) is 5.02 Å². The van der Waals surface area contributed by atoms with E-state index in [-0.39, 0.29) is 5.91 Å². The van der Waals surface area contributed by atoms with Crippen LogP contribution in [-0.4, -0.2) is 40.0 Å². The predicted octanol–water partition coefficient (Wildman–Crippen LogP) is 1.72. The lowest BCUT2D eigenvalue weighted by molar-refractivity contribution is -0.141. The van der Waals surface area contributed by atoms with Crippen molar-refractivity contribution < 1.29 is 19.5 Å². The summed E-state index contributed by atoms with van der Waals surface area (Å²) in [6.07, 6.45) is 0.680. The van der Waals surface area contributed by atoms with E-state index < -0.39 is 24.1 Å². The standard InChI is InChI=1S/C13H11ClN2O4/c14-7-2-1-3-8(6-7)15-11(17)9-4-5-10(12(18)19)16(9)13(15)20/h1-3,6,9-10H,4-5H2,(H,18,19)/t9-,10-/m0/s1. The summed E-state index contributed by atoms with van der Waals surface area (Å²) in [5.74, 6) is -1.47.